The number of hydrogen-bond acceptors (Lipinski definition) is 2. The van der Waals surface area contributed by atoms with Crippen LogP contribution in [0.3, 0.4) is 0 Å². The van der Waals surface area contributed by atoms with Crippen LogP contribution in [0, 0.1) is 0 Å². The highest BCUT2D eigenvalue weighted by Crippen LogP contribution is 2.43. The summed E-state index contributed by atoms with van der Waals surface area (Å²) in [6.45, 7) is 0.582. The van der Waals surface area contributed by atoms with E-state index in [4.69, 9.17) is 5.73 Å². The lowest BCUT2D eigenvalue weighted by Crippen LogP contribution is -2.02. The van der Waals surface area contributed by atoms with E-state index >= 15 is 0 Å². The van der Waals surface area contributed by atoms with Crippen LogP contribution in [0.1, 0.15) is 30.0 Å². The molecular weight excluding hydrogens is 278 g/mol. The Morgan fingerprint density at radius 2 is 2.00 bits per heavy atom. The molecule has 17 heavy (non-hydrogen) atoms. The second kappa shape index (κ2) is 4.27. The highest BCUT2D eigenvalue weighted by atomic mass is 79.9. The van der Waals surface area contributed by atoms with Crippen LogP contribution in [0.4, 0.5) is 0 Å². The Hall–Kier alpha value is -1.13. The highest BCUT2D eigenvalue weighted by Gasteiger charge is 2.29. The van der Waals surface area contributed by atoms with Crippen molar-refractivity contribution < 1.29 is 0 Å². The van der Waals surface area contributed by atoms with Gasteiger partial charge >= 0.3 is 0 Å². The molecule has 0 unspecified atom stereocenters. The van der Waals surface area contributed by atoms with Crippen LogP contribution in [-0.4, -0.2) is 9.78 Å². The van der Waals surface area contributed by atoms with E-state index in [0.29, 0.717) is 12.5 Å². The quantitative estimate of drug-likeness (QED) is 0.945. The normalized spacial score (nSPS) is 15.2. The van der Waals surface area contributed by atoms with Crippen molar-refractivity contribution in [1.82, 2.24) is 9.78 Å². The summed E-state index contributed by atoms with van der Waals surface area (Å²) in [6.07, 6.45) is 4.42. The van der Waals surface area contributed by atoms with Crippen molar-refractivity contribution in [3.63, 3.8) is 0 Å². The largest absolute Gasteiger partial charge is 0.326 e. The molecule has 1 aliphatic carbocycles. The zero-order valence-electron chi connectivity index (χ0n) is 9.44. The average molecular weight is 292 g/mol. The van der Waals surface area contributed by atoms with Crippen LogP contribution >= 0.6 is 15.9 Å². The smallest absolute Gasteiger partial charge is 0.0649 e. The zero-order chi connectivity index (χ0) is 11.8. The van der Waals surface area contributed by atoms with Gasteiger partial charge in [-0.05, 0) is 46.5 Å². The molecule has 1 aliphatic rings. The summed E-state index contributed by atoms with van der Waals surface area (Å²) in [5.74, 6) is 0.668. The van der Waals surface area contributed by atoms with Crippen molar-refractivity contribution in [2.45, 2.75) is 25.3 Å². The van der Waals surface area contributed by atoms with Crippen molar-refractivity contribution in [3.8, 4) is 5.69 Å². The molecule has 2 N–H and O–H groups in total. The number of halogens is 1. The predicted molar refractivity (Wildman–Crippen MR) is 71.1 cm³/mol. The number of aromatic nitrogens is 2. The Morgan fingerprint density at radius 3 is 2.59 bits per heavy atom. The second-order valence-corrected chi connectivity index (χ2v) is 5.29. The van der Waals surface area contributed by atoms with E-state index in [0.717, 1.165) is 15.7 Å². The van der Waals surface area contributed by atoms with Gasteiger partial charge in [0.15, 0.2) is 0 Å². The first-order valence-electron chi connectivity index (χ1n) is 5.82. The molecule has 2 aromatic rings. The van der Waals surface area contributed by atoms with Crippen molar-refractivity contribution in [1.29, 1.82) is 0 Å². The molecule has 1 fully saturated rings. The molecule has 0 spiro atoms. The van der Waals surface area contributed by atoms with E-state index in [1.807, 2.05) is 10.9 Å². The molecule has 0 bridgehead atoms. The zero-order valence-corrected chi connectivity index (χ0v) is 11.0. The summed E-state index contributed by atoms with van der Waals surface area (Å²) in [5, 5.41) is 4.44. The standard InChI is InChI=1S/C13H14BrN3/c14-12-8-16-17(13(12)10-3-4-10)11-5-1-9(7-15)2-6-11/h1-2,5-6,8,10H,3-4,7,15H2. The van der Waals surface area contributed by atoms with Gasteiger partial charge in [0.25, 0.3) is 0 Å². The topological polar surface area (TPSA) is 43.8 Å². The Labute approximate surface area is 109 Å². The Balaban J connectivity index is 2.02. The van der Waals surface area contributed by atoms with Crippen LogP contribution in [-0.2, 0) is 6.54 Å². The second-order valence-electron chi connectivity index (χ2n) is 4.43. The van der Waals surface area contributed by atoms with Crippen LogP contribution in [0.5, 0.6) is 0 Å². The molecule has 0 aliphatic heterocycles. The number of nitrogens with two attached hydrogens (primary N) is 1. The third-order valence-corrected chi connectivity index (χ3v) is 3.75. The maximum Gasteiger partial charge on any atom is 0.0649 e. The minimum atomic E-state index is 0.582. The fraction of sp³-hybridized carbons (Fsp3) is 0.308. The molecule has 1 aromatic heterocycles. The molecule has 0 atom stereocenters. The molecule has 0 amide bonds. The van der Waals surface area contributed by atoms with E-state index in [1.165, 1.54) is 18.5 Å². The van der Waals surface area contributed by atoms with Crippen molar-refractivity contribution in [2.24, 2.45) is 5.73 Å². The summed E-state index contributed by atoms with van der Waals surface area (Å²) in [7, 11) is 0. The van der Waals surface area contributed by atoms with Crippen LogP contribution < -0.4 is 5.73 Å². The summed E-state index contributed by atoms with van der Waals surface area (Å²) < 4.78 is 3.14. The van der Waals surface area contributed by atoms with Gasteiger partial charge in [-0.1, -0.05) is 12.1 Å². The molecule has 0 saturated heterocycles. The first-order valence-corrected chi connectivity index (χ1v) is 6.61. The van der Waals surface area contributed by atoms with Gasteiger partial charge in [-0.2, -0.15) is 5.10 Å². The predicted octanol–water partition coefficient (Wildman–Crippen LogP) is 2.97. The summed E-state index contributed by atoms with van der Waals surface area (Å²) >= 11 is 3.58. The van der Waals surface area contributed by atoms with E-state index in [1.54, 1.807) is 0 Å². The first-order chi connectivity index (χ1) is 8.29. The maximum atomic E-state index is 5.60. The van der Waals surface area contributed by atoms with Crippen LogP contribution in [0.25, 0.3) is 5.69 Å². The van der Waals surface area contributed by atoms with Crippen molar-refractivity contribution in [2.75, 3.05) is 0 Å². The van der Waals surface area contributed by atoms with Gasteiger partial charge in [0.1, 0.15) is 0 Å². The lowest BCUT2D eigenvalue weighted by Gasteiger charge is -2.07. The molecule has 1 heterocycles. The number of hydrogen-bond donors (Lipinski definition) is 1. The fourth-order valence-electron chi connectivity index (χ4n) is 2.04. The van der Waals surface area contributed by atoms with Crippen LogP contribution in [0.15, 0.2) is 34.9 Å². The van der Waals surface area contributed by atoms with Gasteiger partial charge in [0.05, 0.1) is 22.1 Å². The third kappa shape index (κ3) is 2.03. The van der Waals surface area contributed by atoms with E-state index in [-0.39, 0.29) is 0 Å². The molecular formula is C13H14BrN3. The van der Waals surface area contributed by atoms with E-state index < -0.39 is 0 Å². The Morgan fingerprint density at radius 1 is 1.29 bits per heavy atom. The van der Waals surface area contributed by atoms with Gasteiger partial charge in [-0.25, -0.2) is 4.68 Å². The highest BCUT2D eigenvalue weighted by molar-refractivity contribution is 9.10. The Bertz CT molecular complexity index is 526. The Kier molecular flexibility index (Phi) is 2.76. The minimum absolute atomic E-state index is 0.582. The summed E-state index contributed by atoms with van der Waals surface area (Å²) in [4.78, 5) is 0. The average Bonchev–Trinajstić information content (AvgIpc) is 3.13. The summed E-state index contributed by atoms with van der Waals surface area (Å²) in [6, 6.07) is 8.27. The fourth-order valence-corrected chi connectivity index (χ4v) is 2.62. The SMILES string of the molecule is NCc1ccc(-n2ncc(Br)c2C2CC2)cc1. The third-order valence-electron chi connectivity index (χ3n) is 3.14. The number of benzene rings is 1. The summed E-state index contributed by atoms with van der Waals surface area (Å²) in [5.41, 5.74) is 9.15. The van der Waals surface area contributed by atoms with E-state index in [9.17, 15) is 0 Å². The molecule has 88 valence electrons. The molecule has 4 heteroatoms. The molecule has 1 aromatic carbocycles. The van der Waals surface area contributed by atoms with Crippen LogP contribution in [0.2, 0.25) is 0 Å². The van der Waals surface area contributed by atoms with Gasteiger partial charge in [0.2, 0.25) is 0 Å². The lowest BCUT2D eigenvalue weighted by atomic mass is 10.2. The number of rotatable bonds is 3. The van der Waals surface area contributed by atoms with Crippen molar-refractivity contribution in [3.05, 3.63) is 46.2 Å². The maximum absolute atomic E-state index is 5.60. The van der Waals surface area contributed by atoms with Gasteiger partial charge in [-0.15, -0.1) is 0 Å². The monoisotopic (exact) mass is 291 g/mol. The van der Waals surface area contributed by atoms with Gasteiger partial charge in [0, 0.05) is 12.5 Å². The first kappa shape index (κ1) is 11.0. The van der Waals surface area contributed by atoms with Gasteiger partial charge in [-0.3, -0.25) is 0 Å². The molecule has 1 saturated carbocycles. The van der Waals surface area contributed by atoms with Gasteiger partial charge < -0.3 is 5.73 Å². The molecule has 0 radical (unpaired) electrons. The molecule has 3 nitrogen and oxygen atoms in total. The number of nitrogens with zero attached hydrogens (tertiary/aromatic N) is 2. The van der Waals surface area contributed by atoms with E-state index in [2.05, 4.69) is 45.3 Å². The lowest BCUT2D eigenvalue weighted by molar-refractivity contribution is 0.806. The molecule has 3 rings (SSSR count). The minimum Gasteiger partial charge on any atom is -0.326 e. The van der Waals surface area contributed by atoms with Crippen molar-refractivity contribution >= 4 is 15.9 Å².